The molecule has 0 amide bonds. The SMILES string of the molecule is CCNC(=NCCS(=O)(=O)NCC1CCC1)NCCC1=CCCCC1. The number of aliphatic imine (C=N–C) groups is 1. The maximum absolute atomic E-state index is 12.0. The Hall–Kier alpha value is -1.08. The minimum atomic E-state index is -3.22. The van der Waals surface area contributed by atoms with Crippen LogP contribution >= 0.6 is 0 Å². The molecule has 25 heavy (non-hydrogen) atoms. The lowest BCUT2D eigenvalue weighted by atomic mass is 9.86. The number of hydrogen-bond acceptors (Lipinski definition) is 3. The fourth-order valence-electron chi connectivity index (χ4n) is 3.11. The molecule has 2 rings (SSSR count). The molecule has 0 aromatic rings. The Balaban J connectivity index is 1.69. The Labute approximate surface area is 153 Å². The fraction of sp³-hybridized carbons (Fsp3) is 0.833. The summed E-state index contributed by atoms with van der Waals surface area (Å²) in [5.74, 6) is 1.28. The highest BCUT2D eigenvalue weighted by Gasteiger charge is 2.19. The molecular formula is C18H34N4O2S. The normalized spacial score (nSPS) is 19.2. The van der Waals surface area contributed by atoms with Crippen molar-refractivity contribution in [3.63, 3.8) is 0 Å². The second kappa shape index (κ2) is 10.8. The number of sulfonamides is 1. The molecule has 2 aliphatic rings. The molecule has 1 fully saturated rings. The predicted molar refractivity (Wildman–Crippen MR) is 104 cm³/mol. The summed E-state index contributed by atoms with van der Waals surface area (Å²) in [6.07, 6.45) is 11.9. The number of hydrogen-bond donors (Lipinski definition) is 3. The fourth-order valence-corrected chi connectivity index (χ4v) is 4.07. The van der Waals surface area contributed by atoms with Gasteiger partial charge in [0, 0.05) is 19.6 Å². The van der Waals surface area contributed by atoms with Crippen molar-refractivity contribution in [2.45, 2.75) is 58.3 Å². The van der Waals surface area contributed by atoms with E-state index in [1.807, 2.05) is 6.92 Å². The van der Waals surface area contributed by atoms with Crippen LogP contribution in [0.15, 0.2) is 16.6 Å². The minimum absolute atomic E-state index is 0.0431. The lowest BCUT2D eigenvalue weighted by molar-refractivity contribution is 0.316. The Morgan fingerprint density at radius 2 is 2.08 bits per heavy atom. The summed E-state index contributed by atoms with van der Waals surface area (Å²) in [4.78, 5) is 4.40. The van der Waals surface area contributed by atoms with Gasteiger partial charge in [-0.05, 0) is 57.8 Å². The third-order valence-electron chi connectivity index (χ3n) is 4.91. The van der Waals surface area contributed by atoms with Crippen LogP contribution in [0.2, 0.25) is 0 Å². The number of allylic oxidation sites excluding steroid dienone is 1. The maximum Gasteiger partial charge on any atom is 0.213 e. The summed E-state index contributed by atoms with van der Waals surface area (Å²) >= 11 is 0. The molecule has 0 heterocycles. The summed E-state index contributed by atoms with van der Waals surface area (Å²) in [5.41, 5.74) is 1.53. The van der Waals surface area contributed by atoms with Crippen molar-refractivity contribution >= 4 is 16.0 Å². The molecule has 0 atom stereocenters. The van der Waals surface area contributed by atoms with E-state index in [4.69, 9.17) is 0 Å². The molecule has 7 heteroatoms. The van der Waals surface area contributed by atoms with Crippen LogP contribution < -0.4 is 15.4 Å². The zero-order valence-electron chi connectivity index (χ0n) is 15.5. The van der Waals surface area contributed by atoms with E-state index in [1.54, 1.807) is 0 Å². The third-order valence-corrected chi connectivity index (χ3v) is 6.24. The lowest BCUT2D eigenvalue weighted by Gasteiger charge is -2.25. The summed E-state index contributed by atoms with van der Waals surface area (Å²) in [6.45, 7) is 4.47. The molecule has 2 aliphatic carbocycles. The van der Waals surface area contributed by atoms with Gasteiger partial charge in [0.2, 0.25) is 10.0 Å². The Morgan fingerprint density at radius 3 is 2.72 bits per heavy atom. The van der Waals surface area contributed by atoms with Gasteiger partial charge in [0.25, 0.3) is 0 Å². The van der Waals surface area contributed by atoms with Crippen molar-refractivity contribution in [3.8, 4) is 0 Å². The smallest absolute Gasteiger partial charge is 0.213 e. The molecule has 1 saturated carbocycles. The van der Waals surface area contributed by atoms with E-state index in [-0.39, 0.29) is 12.3 Å². The van der Waals surface area contributed by atoms with Gasteiger partial charge < -0.3 is 10.6 Å². The van der Waals surface area contributed by atoms with Gasteiger partial charge in [-0.3, -0.25) is 4.99 Å². The highest BCUT2D eigenvalue weighted by molar-refractivity contribution is 7.89. The van der Waals surface area contributed by atoms with E-state index >= 15 is 0 Å². The number of guanidine groups is 1. The van der Waals surface area contributed by atoms with Gasteiger partial charge in [-0.1, -0.05) is 18.1 Å². The molecule has 3 N–H and O–H groups in total. The molecule has 0 saturated heterocycles. The van der Waals surface area contributed by atoms with Crippen LogP contribution in [0.5, 0.6) is 0 Å². The summed E-state index contributed by atoms with van der Waals surface area (Å²) in [6, 6.07) is 0. The minimum Gasteiger partial charge on any atom is -0.357 e. The van der Waals surface area contributed by atoms with E-state index < -0.39 is 10.0 Å². The van der Waals surface area contributed by atoms with Gasteiger partial charge >= 0.3 is 0 Å². The molecule has 0 aromatic carbocycles. The Morgan fingerprint density at radius 1 is 1.24 bits per heavy atom. The predicted octanol–water partition coefficient (Wildman–Crippen LogP) is 2.15. The molecule has 0 unspecified atom stereocenters. The van der Waals surface area contributed by atoms with E-state index in [0.29, 0.717) is 18.4 Å². The van der Waals surface area contributed by atoms with Gasteiger partial charge in [-0.15, -0.1) is 0 Å². The topological polar surface area (TPSA) is 82.6 Å². The number of nitrogens with zero attached hydrogens (tertiary/aromatic N) is 1. The highest BCUT2D eigenvalue weighted by atomic mass is 32.2. The van der Waals surface area contributed by atoms with Gasteiger partial charge in [0.15, 0.2) is 5.96 Å². The van der Waals surface area contributed by atoms with Gasteiger partial charge in [-0.2, -0.15) is 0 Å². The van der Waals surface area contributed by atoms with Crippen molar-refractivity contribution in [1.29, 1.82) is 0 Å². The first-order valence-electron chi connectivity index (χ1n) is 9.76. The van der Waals surface area contributed by atoms with Crippen molar-refractivity contribution in [2.75, 3.05) is 31.9 Å². The molecule has 0 radical (unpaired) electrons. The standard InChI is InChI=1S/C18H34N4O2S/c1-2-19-18(20-12-11-16-7-4-3-5-8-16)21-13-14-25(23,24)22-15-17-9-6-10-17/h7,17,22H,2-6,8-15H2,1H3,(H2,19,20,21). The molecule has 144 valence electrons. The second-order valence-electron chi connectivity index (χ2n) is 7.01. The van der Waals surface area contributed by atoms with Gasteiger partial charge in [-0.25, -0.2) is 13.1 Å². The molecule has 0 spiro atoms. The molecule has 6 nitrogen and oxygen atoms in total. The van der Waals surface area contributed by atoms with Crippen LogP contribution in [0, 0.1) is 5.92 Å². The van der Waals surface area contributed by atoms with Crippen LogP contribution in [0.3, 0.4) is 0 Å². The van der Waals surface area contributed by atoms with Crippen LogP contribution in [0.1, 0.15) is 58.3 Å². The van der Waals surface area contributed by atoms with Gasteiger partial charge in [0.05, 0.1) is 12.3 Å². The first-order chi connectivity index (χ1) is 12.1. The summed E-state index contributed by atoms with van der Waals surface area (Å²) < 4.78 is 26.7. The van der Waals surface area contributed by atoms with Crippen molar-refractivity contribution in [1.82, 2.24) is 15.4 Å². The van der Waals surface area contributed by atoms with E-state index in [9.17, 15) is 8.42 Å². The first kappa shape index (κ1) is 20.2. The van der Waals surface area contributed by atoms with Crippen LogP contribution in [-0.4, -0.2) is 46.3 Å². The quantitative estimate of drug-likeness (QED) is 0.313. The third kappa shape index (κ3) is 8.23. The number of rotatable bonds is 10. The van der Waals surface area contributed by atoms with Crippen LogP contribution in [0.4, 0.5) is 0 Å². The monoisotopic (exact) mass is 370 g/mol. The maximum atomic E-state index is 12.0. The van der Waals surface area contributed by atoms with Crippen LogP contribution in [0.25, 0.3) is 0 Å². The van der Waals surface area contributed by atoms with Gasteiger partial charge in [0.1, 0.15) is 0 Å². The molecule has 0 bridgehead atoms. The van der Waals surface area contributed by atoms with E-state index in [0.717, 1.165) is 32.4 Å². The highest BCUT2D eigenvalue weighted by Crippen LogP contribution is 2.25. The van der Waals surface area contributed by atoms with Crippen LogP contribution in [-0.2, 0) is 10.0 Å². The Bertz CT molecular complexity index is 553. The second-order valence-corrected chi connectivity index (χ2v) is 8.94. The first-order valence-corrected chi connectivity index (χ1v) is 11.4. The molecule has 0 aromatic heterocycles. The lowest BCUT2D eigenvalue weighted by Crippen LogP contribution is -2.39. The molecular weight excluding hydrogens is 336 g/mol. The average molecular weight is 371 g/mol. The summed E-state index contributed by atoms with van der Waals surface area (Å²) in [7, 11) is -3.22. The van der Waals surface area contributed by atoms with E-state index in [2.05, 4.69) is 26.4 Å². The zero-order valence-corrected chi connectivity index (χ0v) is 16.3. The van der Waals surface area contributed by atoms with E-state index in [1.165, 1.54) is 37.7 Å². The Kier molecular flexibility index (Phi) is 8.75. The largest absolute Gasteiger partial charge is 0.357 e. The average Bonchev–Trinajstić information content (AvgIpc) is 2.54. The summed E-state index contributed by atoms with van der Waals surface area (Å²) in [5, 5.41) is 6.48. The molecule has 0 aliphatic heterocycles. The van der Waals surface area contributed by atoms with Crippen molar-refractivity contribution in [2.24, 2.45) is 10.9 Å². The number of nitrogens with one attached hydrogen (secondary N) is 3. The van der Waals surface area contributed by atoms with Crippen molar-refractivity contribution in [3.05, 3.63) is 11.6 Å². The zero-order chi connectivity index (χ0) is 18.0. The van der Waals surface area contributed by atoms with Crippen molar-refractivity contribution < 1.29 is 8.42 Å².